The van der Waals surface area contributed by atoms with Gasteiger partial charge in [0.15, 0.2) is 0 Å². The third-order valence-corrected chi connectivity index (χ3v) is 3.26. The molecule has 0 saturated heterocycles. The molecule has 0 amide bonds. The number of aryl methyl sites for hydroxylation is 1. The van der Waals surface area contributed by atoms with Crippen LogP contribution in [0.3, 0.4) is 0 Å². The van der Waals surface area contributed by atoms with Crippen LogP contribution in [-0.2, 0) is 5.41 Å². The van der Waals surface area contributed by atoms with Gasteiger partial charge >= 0.3 is 0 Å². The molecule has 0 fully saturated rings. The average molecular weight is 255 g/mol. The smallest absolute Gasteiger partial charge is 0.123 e. The van der Waals surface area contributed by atoms with Gasteiger partial charge in [-0.1, -0.05) is 45.4 Å². The SMILES string of the molecule is Cc1ccc(OCC(C)CCl)c(C(C)(C)C)c1. The molecule has 0 radical (unpaired) electrons. The number of hydrogen-bond acceptors (Lipinski definition) is 1. The van der Waals surface area contributed by atoms with Crippen LogP contribution in [0.2, 0.25) is 0 Å². The fourth-order valence-electron chi connectivity index (χ4n) is 1.63. The van der Waals surface area contributed by atoms with E-state index >= 15 is 0 Å². The van der Waals surface area contributed by atoms with Gasteiger partial charge in [0.05, 0.1) is 6.61 Å². The van der Waals surface area contributed by atoms with E-state index in [2.05, 4.69) is 52.8 Å². The van der Waals surface area contributed by atoms with Gasteiger partial charge in [-0.2, -0.15) is 0 Å². The van der Waals surface area contributed by atoms with Crippen molar-refractivity contribution in [2.45, 2.75) is 40.0 Å². The summed E-state index contributed by atoms with van der Waals surface area (Å²) in [6.07, 6.45) is 0. The van der Waals surface area contributed by atoms with E-state index in [1.54, 1.807) is 0 Å². The minimum atomic E-state index is 0.103. The zero-order valence-electron chi connectivity index (χ0n) is 11.5. The summed E-state index contributed by atoms with van der Waals surface area (Å²) in [5, 5.41) is 0. The Bertz CT molecular complexity index is 366. The van der Waals surface area contributed by atoms with Gasteiger partial charge in [0.2, 0.25) is 0 Å². The molecule has 0 aliphatic heterocycles. The van der Waals surface area contributed by atoms with Crippen molar-refractivity contribution < 1.29 is 4.74 Å². The normalized spacial score (nSPS) is 13.5. The molecule has 1 atom stereocenters. The maximum atomic E-state index is 5.89. The Morgan fingerprint density at radius 1 is 1.29 bits per heavy atom. The number of alkyl halides is 1. The lowest BCUT2D eigenvalue weighted by Gasteiger charge is -2.24. The number of hydrogen-bond donors (Lipinski definition) is 0. The summed E-state index contributed by atoms with van der Waals surface area (Å²) in [4.78, 5) is 0. The van der Waals surface area contributed by atoms with Crippen molar-refractivity contribution in [1.82, 2.24) is 0 Å². The second-order valence-corrected chi connectivity index (χ2v) is 6.13. The molecule has 0 saturated carbocycles. The lowest BCUT2D eigenvalue weighted by molar-refractivity contribution is 0.266. The van der Waals surface area contributed by atoms with Crippen molar-refractivity contribution in [1.29, 1.82) is 0 Å². The molecule has 1 rings (SSSR count). The molecular formula is C15H23ClO. The van der Waals surface area contributed by atoms with Gasteiger partial charge in [0.25, 0.3) is 0 Å². The van der Waals surface area contributed by atoms with Crippen molar-refractivity contribution in [3.05, 3.63) is 29.3 Å². The first-order chi connectivity index (χ1) is 7.84. The molecule has 17 heavy (non-hydrogen) atoms. The molecule has 1 aromatic rings. The summed E-state index contributed by atoms with van der Waals surface area (Å²) >= 11 is 5.79. The van der Waals surface area contributed by atoms with Crippen LogP contribution < -0.4 is 4.74 Å². The molecule has 96 valence electrons. The fraction of sp³-hybridized carbons (Fsp3) is 0.600. The molecular weight excluding hydrogens is 232 g/mol. The minimum Gasteiger partial charge on any atom is -0.493 e. The zero-order valence-corrected chi connectivity index (χ0v) is 12.3. The molecule has 0 aliphatic carbocycles. The summed E-state index contributed by atoms with van der Waals surface area (Å²) in [5.74, 6) is 2.00. The fourth-order valence-corrected chi connectivity index (χ4v) is 1.72. The Kier molecular flexibility index (Phi) is 4.88. The van der Waals surface area contributed by atoms with Gasteiger partial charge in [-0.3, -0.25) is 0 Å². The lowest BCUT2D eigenvalue weighted by atomic mass is 9.85. The Morgan fingerprint density at radius 3 is 2.47 bits per heavy atom. The number of benzene rings is 1. The van der Waals surface area contributed by atoms with Crippen LogP contribution in [0.15, 0.2) is 18.2 Å². The number of rotatable bonds is 4. The largest absolute Gasteiger partial charge is 0.493 e. The standard InChI is InChI=1S/C15H23ClO/c1-11-6-7-14(17-10-12(2)9-16)13(8-11)15(3,4)5/h6-8,12H,9-10H2,1-5H3. The quantitative estimate of drug-likeness (QED) is 0.717. The molecule has 0 bridgehead atoms. The van der Waals surface area contributed by atoms with Crippen LogP contribution in [0.1, 0.15) is 38.8 Å². The van der Waals surface area contributed by atoms with Crippen molar-refractivity contribution >= 4 is 11.6 Å². The average Bonchev–Trinajstić information content (AvgIpc) is 2.25. The maximum Gasteiger partial charge on any atom is 0.123 e. The Hall–Kier alpha value is -0.690. The van der Waals surface area contributed by atoms with E-state index in [1.165, 1.54) is 11.1 Å². The summed E-state index contributed by atoms with van der Waals surface area (Å²) in [6, 6.07) is 6.37. The van der Waals surface area contributed by atoms with Crippen LogP contribution in [0.5, 0.6) is 5.75 Å². The second-order valence-electron chi connectivity index (χ2n) is 5.82. The van der Waals surface area contributed by atoms with Gasteiger partial charge in [0, 0.05) is 11.8 Å². The highest BCUT2D eigenvalue weighted by molar-refractivity contribution is 6.18. The summed E-state index contributed by atoms with van der Waals surface area (Å²) in [5.41, 5.74) is 2.64. The second kappa shape index (κ2) is 5.77. The first kappa shape index (κ1) is 14.4. The lowest BCUT2D eigenvalue weighted by Crippen LogP contribution is -2.16. The first-order valence-electron chi connectivity index (χ1n) is 6.14. The van der Waals surface area contributed by atoms with Crippen molar-refractivity contribution in [2.24, 2.45) is 5.92 Å². The zero-order chi connectivity index (χ0) is 13.1. The highest BCUT2D eigenvalue weighted by Gasteiger charge is 2.19. The molecule has 2 heteroatoms. The van der Waals surface area contributed by atoms with Crippen molar-refractivity contribution in [3.63, 3.8) is 0 Å². The van der Waals surface area contributed by atoms with E-state index in [9.17, 15) is 0 Å². The topological polar surface area (TPSA) is 9.23 Å². The predicted octanol–water partition coefficient (Wildman–Crippen LogP) is 4.55. The maximum absolute atomic E-state index is 5.89. The molecule has 0 aromatic heterocycles. The summed E-state index contributed by atoms with van der Waals surface area (Å²) in [7, 11) is 0. The minimum absolute atomic E-state index is 0.103. The van der Waals surface area contributed by atoms with E-state index in [0.29, 0.717) is 18.4 Å². The van der Waals surface area contributed by atoms with Crippen LogP contribution in [0.25, 0.3) is 0 Å². The highest BCUT2D eigenvalue weighted by atomic mass is 35.5. The third kappa shape index (κ3) is 4.23. The van der Waals surface area contributed by atoms with Crippen LogP contribution in [0, 0.1) is 12.8 Å². The van der Waals surface area contributed by atoms with Gasteiger partial charge in [-0.15, -0.1) is 11.6 Å². The molecule has 0 heterocycles. The molecule has 1 aromatic carbocycles. The van der Waals surface area contributed by atoms with E-state index in [1.807, 2.05) is 0 Å². The Balaban J connectivity index is 2.91. The molecule has 1 nitrogen and oxygen atoms in total. The van der Waals surface area contributed by atoms with Crippen LogP contribution in [0.4, 0.5) is 0 Å². The van der Waals surface area contributed by atoms with Gasteiger partial charge in [0.1, 0.15) is 5.75 Å². The number of halogens is 1. The highest BCUT2D eigenvalue weighted by Crippen LogP contribution is 2.32. The first-order valence-corrected chi connectivity index (χ1v) is 6.68. The monoisotopic (exact) mass is 254 g/mol. The van der Waals surface area contributed by atoms with Crippen molar-refractivity contribution in [3.8, 4) is 5.75 Å². The summed E-state index contributed by atoms with van der Waals surface area (Å²) < 4.78 is 5.89. The van der Waals surface area contributed by atoms with Crippen molar-refractivity contribution in [2.75, 3.05) is 12.5 Å². The molecule has 0 N–H and O–H groups in total. The molecule has 1 unspecified atom stereocenters. The van der Waals surface area contributed by atoms with Crippen LogP contribution >= 0.6 is 11.6 Å². The van der Waals surface area contributed by atoms with E-state index in [0.717, 1.165) is 5.75 Å². The van der Waals surface area contributed by atoms with E-state index in [-0.39, 0.29) is 5.41 Å². The third-order valence-electron chi connectivity index (χ3n) is 2.73. The Morgan fingerprint density at radius 2 is 1.94 bits per heavy atom. The van der Waals surface area contributed by atoms with Gasteiger partial charge < -0.3 is 4.74 Å². The number of ether oxygens (including phenoxy) is 1. The van der Waals surface area contributed by atoms with Crippen LogP contribution in [-0.4, -0.2) is 12.5 Å². The molecule has 0 spiro atoms. The van der Waals surface area contributed by atoms with Gasteiger partial charge in [-0.05, 0) is 24.0 Å². The van der Waals surface area contributed by atoms with Gasteiger partial charge in [-0.25, -0.2) is 0 Å². The predicted molar refractivity (Wildman–Crippen MR) is 75.3 cm³/mol. The summed E-state index contributed by atoms with van der Waals surface area (Å²) in [6.45, 7) is 11.5. The molecule has 0 aliphatic rings. The Labute approximate surface area is 110 Å². The van der Waals surface area contributed by atoms with E-state index in [4.69, 9.17) is 16.3 Å². The van der Waals surface area contributed by atoms with E-state index < -0.39 is 0 Å².